The van der Waals surface area contributed by atoms with Gasteiger partial charge in [0.2, 0.25) is 0 Å². The van der Waals surface area contributed by atoms with Crippen LogP contribution in [-0.2, 0) is 6.42 Å². The van der Waals surface area contributed by atoms with Crippen LogP contribution in [0.4, 0.5) is 0 Å². The highest BCUT2D eigenvalue weighted by molar-refractivity contribution is 7.11. The van der Waals surface area contributed by atoms with Crippen LogP contribution in [0.1, 0.15) is 20.9 Å². The van der Waals surface area contributed by atoms with E-state index in [1.165, 1.54) is 16.9 Å². The molecular weight excluding hydrogens is 260 g/mol. The molecule has 1 atom stereocenters. The number of fused-ring (bicyclic) bond motifs is 1. The zero-order valence-electron chi connectivity index (χ0n) is 10.6. The number of para-hydroxylation sites is 1. The van der Waals surface area contributed by atoms with Crippen LogP contribution in [0.25, 0.3) is 0 Å². The van der Waals surface area contributed by atoms with E-state index < -0.39 is 0 Å². The number of rotatable bonds is 3. The molecule has 1 aromatic carbocycles. The monoisotopic (exact) mass is 274 g/mol. The number of carbonyl (C=O) groups excluding carboxylic acids is 1. The van der Waals surface area contributed by atoms with Crippen molar-refractivity contribution in [1.82, 2.24) is 10.3 Å². The zero-order chi connectivity index (χ0) is 13.2. The Morgan fingerprint density at radius 2 is 2.37 bits per heavy atom. The van der Waals surface area contributed by atoms with Gasteiger partial charge in [-0.15, -0.1) is 11.3 Å². The molecule has 5 heteroatoms. The Morgan fingerprint density at radius 3 is 3.11 bits per heavy atom. The summed E-state index contributed by atoms with van der Waals surface area (Å²) in [5.74, 6) is 0.857. The van der Waals surface area contributed by atoms with E-state index in [1.807, 2.05) is 25.1 Å². The van der Waals surface area contributed by atoms with Crippen LogP contribution < -0.4 is 10.1 Å². The normalized spacial score (nSPS) is 16.8. The first kappa shape index (κ1) is 12.2. The smallest absolute Gasteiger partial charge is 0.263 e. The van der Waals surface area contributed by atoms with Crippen molar-refractivity contribution in [2.24, 2.45) is 0 Å². The predicted molar refractivity (Wildman–Crippen MR) is 73.7 cm³/mol. The molecule has 4 nitrogen and oxygen atoms in total. The Labute approximate surface area is 115 Å². The molecule has 1 aliphatic heterocycles. The number of nitrogens with one attached hydrogen (secondary N) is 1. The van der Waals surface area contributed by atoms with Gasteiger partial charge in [-0.05, 0) is 18.6 Å². The maximum atomic E-state index is 12.0. The quantitative estimate of drug-likeness (QED) is 0.933. The van der Waals surface area contributed by atoms with E-state index in [2.05, 4.69) is 16.4 Å². The van der Waals surface area contributed by atoms with Gasteiger partial charge in [0.25, 0.3) is 5.91 Å². The molecule has 0 saturated heterocycles. The first-order chi connectivity index (χ1) is 9.24. The maximum Gasteiger partial charge on any atom is 0.263 e. The van der Waals surface area contributed by atoms with Gasteiger partial charge >= 0.3 is 0 Å². The summed E-state index contributed by atoms with van der Waals surface area (Å²) in [6.07, 6.45) is 0.868. The van der Waals surface area contributed by atoms with Gasteiger partial charge in [-0.1, -0.05) is 18.2 Å². The minimum Gasteiger partial charge on any atom is -0.488 e. The van der Waals surface area contributed by atoms with E-state index in [0.717, 1.165) is 17.9 Å². The highest BCUT2D eigenvalue weighted by atomic mass is 32.1. The molecule has 98 valence electrons. The highest BCUT2D eigenvalue weighted by Crippen LogP contribution is 2.27. The summed E-state index contributed by atoms with van der Waals surface area (Å²) >= 11 is 1.36. The number of aromatic nitrogens is 1. The molecule has 0 radical (unpaired) electrons. The van der Waals surface area contributed by atoms with Crippen molar-refractivity contribution in [2.45, 2.75) is 19.4 Å². The van der Waals surface area contributed by atoms with Gasteiger partial charge in [0.1, 0.15) is 16.7 Å². The summed E-state index contributed by atoms with van der Waals surface area (Å²) in [4.78, 5) is 16.7. The molecule has 19 heavy (non-hydrogen) atoms. The van der Waals surface area contributed by atoms with Crippen LogP contribution in [0.2, 0.25) is 0 Å². The van der Waals surface area contributed by atoms with Crippen LogP contribution in [-0.4, -0.2) is 23.5 Å². The van der Waals surface area contributed by atoms with E-state index in [0.29, 0.717) is 11.4 Å². The van der Waals surface area contributed by atoms with E-state index in [1.54, 1.807) is 5.51 Å². The van der Waals surface area contributed by atoms with Gasteiger partial charge in [0.05, 0.1) is 17.7 Å². The van der Waals surface area contributed by atoms with Crippen LogP contribution in [0.5, 0.6) is 5.75 Å². The number of aryl methyl sites for hydroxylation is 1. The van der Waals surface area contributed by atoms with E-state index in [4.69, 9.17) is 4.74 Å². The third kappa shape index (κ3) is 2.46. The van der Waals surface area contributed by atoms with Crippen molar-refractivity contribution in [3.63, 3.8) is 0 Å². The topological polar surface area (TPSA) is 51.2 Å². The third-order valence-electron chi connectivity index (χ3n) is 3.16. The first-order valence-corrected chi connectivity index (χ1v) is 7.05. The fraction of sp³-hybridized carbons (Fsp3) is 0.286. The van der Waals surface area contributed by atoms with Gasteiger partial charge in [-0.25, -0.2) is 4.98 Å². The number of hydrogen-bond acceptors (Lipinski definition) is 4. The van der Waals surface area contributed by atoms with Crippen LogP contribution >= 0.6 is 11.3 Å². The molecule has 1 aliphatic rings. The third-order valence-corrected chi connectivity index (χ3v) is 4.08. The molecule has 1 aromatic heterocycles. The van der Waals surface area contributed by atoms with Crippen molar-refractivity contribution in [3.8, 4) is 5.75 Å². The van der Waals surface area contributed by atoms with E-state index in [9.17, 15) is 4.79 Å². The molecule has 1 amide bonds. The Bertz CT molecular complexity index is 584. The van der Waals surface area contributed by atoms with E-state index >= 15 is 0 Å². The minimum atomic E-state index is -0.0699. The summed E-state index contributed by atoms with van der Waals surface area (Å²) in [6, 6.07) is 7.99. The lowest BCUT2D eigenvalue weighted by atomic mass is 10.1. The van der Waals surface area contributed by atoms with E-state index in [-0.39, 0.29) is 12.0 Å². The maximum absolute atomic E-state index is 12.0. The van der Waals surface area contributed by atoms with Gasteiger partial charge in [0, 0.05) is 6.42 Å². The number of amides is 1. The van der Waals surface area contributed by atoms with Gasteiger partial charge in [0.15, 0.2) is 0 Å². The van der Waals surface area contributed by atoms with Crippen LogP contribution in [0, 0.1) is 6.92 Å². The van der Waals surface area contributed by atoms with Crippen molar-refractivity contribution in [2.75, 3.05) is 6.54 Å². The molecule has 2 heterocycles. The molecule has 2 aromatic rings. The fourth-order valence-corrected chi connectivity index (χ4v) is 2.89. The molecule has 0 spiro atoms. The Balaban J connectivity index is 1.58. The molecular formula is C14H14N2O2S. The van der Waals surface area contributed by atoms with Gasteiger partial charge in [-0.3, -0.25) is 4.79 Å². The second-order valence-electron chi connectivity index (χ2n) is 4.53. The summed E-state index contributed by atoms with van der Waals surface area (Å²) in [5.41, 5.74) is 3.67. The average molecular weight is 274 g/mol. The Morgan fingerprint density at radius 1 is 1.53 bits per heavy atom. The molecule has 0 unspecified atom stereocenters. The lowest BCUT2D eigenvalue weighted by molar-refractivity contribution is 0.0937. The number of benzene rings is 1. The summed E-state index contributed by atoms with van der Waals surface area (Å²) in [6.45, 7) is 2.36. The average Bonchev–Trinajstić information content (AvgIpc) is 3.01. The predicted octanol–water partition coefficient (Wildman–Crippen LogP) is 2.19. The first-order valence-electron chi connectivity index (χ1n) is 6.17. The minimum absolute atomic E-state index is 0.0228. The second-order valence-corrected chi connectivity index (χ2v) is 5.38. The number of ether oxygens (including phenoxy) is 1. The zero-order valence-corrected chi connectivity index (χ0v) is 11.4. The number of nitrogens with zero attached hydrogens (tertiary/aromatic N) is 1. The molecule has 0 fully saturated rings. The molecule has 0 aliphatic carbocycles. The summed E-state index contributed by atoms with van der Waals surface area (Å²) in [7, 11) is 0. The highest BCUT2D eigenvalue weighted by Gasteiger charge is 2.23. The Hall–Kier alpha value is -1.88. The SMILES string of the molecule is Cc1ncsc1C(=O)NC[C@H]1Cc2ccccc2O1. The number of thiazole rings is 1. The fourth-order valence-electron chi connectivity index (χ4n) is 2.17. The molecule has 1 N–H and O–H groups in total. The lowest BCUT2D eigenvalue weighted by Crippen LogP contribution is -2.34. The van der Waals surface area contributed by atoms with Gasteiger partial charge in [-0.2, -0.15) is 0 Å². The largest absolute Gasteiger partial charge is 0.488 e. The number of hydrogen-bond donors (Lipinski definition) is 1. The van der Waals surface area contributed by atoms with Crippen LogP contribution in [0.3, 0.4) is 0 Å². The second kappa shape index (κ2) is 5.01. The molecule has 0 bridgehead atoms. The summed E-state index contributed by atoms with van der Waals surface area (Å²) < 4.78 is 5.78. The van der Waals surface area contributed by atoms with Crippen molar-refractivity contribution in [1.29, 1.82) is 0 Å². The van der Waals surface area contributed by atoms with Crippen molar-refractivity contribution >= 4 is 17.2 Å². The van der Waals surface area contributed by atoms with Gasteiger partial charge < -0.3 is 10.1 Å². The molecule has 0 saturated carbocycles. The van der Waals surface area contributed by atoms with Crippen molar-refractivity contribution < 1.29 is 9.53 Å². The standard InChI is InChI=1S/C14H14N2O2S/c1-9-13(19-8-16-9)14(17)15-7-11-6-10-4-2-3-5-12(10)18-11/h2-5,8,11H,6-7H2,1H3,(H,15,17)/t11-/m1/s1. The Kier molecular flexibility index (Phi) is 3.21. The lowest BCUT2D eigenvalue weighted by Gasteiger charge is -2.11. The number of carbonyl (C=O) groups is 1. The summed E-state index contributed by atoms with van der Waals surface area (Å²) in [5, 5.41) is 2.91. The molecule has 3 rings (SSSR count). The van der Waals surface area contributed by atoms with Crippen molar-refractivity contribution in [3.05, 3.63) is 45.9 Å². The van der Waals surface area contributed by atoms with Crippen LogP contribution in [0.15, 0.2) is 29.8 Å².